The number of thiophene rings is 1. The van der Waals surface area contributed by atoms with Crippen molar-refractivity contribution in [2.24, 2.45) is 7.05 Å². The maximum Gasteiger partial charge on any atom is 0.0929 e. The zero-order chi connectivity index (χ0) is 9.10. The Labute approximate surface area is 84.8 Å². The standard InChI is InChI=1S/C8H9N3S2/c1-11-5-7(9-10-11)6-13-8-3-2-4-12-8/h2-5H,6H2,1H3. The van der Waals surface area contributed by atoms with E-state index in [-0.39, 0.29) is 0 Å². The molecule has 0 saturated heterocycles. The first-order valence-corrected chi connectivity index (χ1v) is 5.72. The molecule has 3 nitrogen and oxygen atoms in total. The predicted octanol–water partition coefficient (Wildman–Crippen LogP) is 2.17. The van der Waals surface area contributed by atoms with Gasteiger partial charge >= 0.3 is 0 Å². The Balaban J connectivity index is 1.93. The lowest BCUT2D eigenvalue weighted by molar-refractivity contribution is 0.714. The van der Waals surface area contributed by atoms with E-state index in [0.29, 0.717) is 0 Å². The second-order valence-electron chi connectivity index (χ2n) is 2.60. The molecule has 0 unspecified atom stereocenters. The van der Waals surface area contributed by atoms with Gasteiger partial charge in [-0.05, 0) is 11.4 Å². The summed E-state index contributed by atoms with van der Waals surface area (Å²) >= 11 is 3.55. The number of aromatic nitrogens is 3. The molecule has 68 valence electrons. The fourth-order valence-corrected chi connectivity index (χ4v) is 2.61. The molecular weight excluding hydrogens is 202 g/mol. The number of hydrogen-bond acceptors (Lipinski definition) is 4. The SMILES string of the molecule is Cn1cc(CSc2cccs2)nn1. The molecule has 0 aliphatic rings. The third-order valence-corrected chi connectivity index (χ3v) is 3.67. The Morgan fingerprint density at radius 1 is 1.62 bits per heavy atom. The van der Waals surface area contributed by atoms with Crippen molar-refractivity contribution < 1.29 is 0 Å². The molecule has 0 aromatic carbocycles. The first-order chi connectivity index (χ1) is 6.34. The molecule has 0 spiro atoms. The van der Waals surface area contributed by atoms with Gasteiger partial charge in [0, 0.05) is 19.0 Å². The quantitative estimate of drug-likeness (QED) is 0.729. The lowest BCUT2D eigenvalue weighted by Gasteiger charge is -1.91. The van der Waals surface area contributed by atoms with Gasteiger partial charge in [0.05, 0.1) is 9.90 Å². The molecule has 0 aliphatic heterocycles. The molecule has 2 heterocycles. The van der Waals surface area contributed by atoms with Crippen LogP contribution in [0.3, 0.4) is 0 Å². The van der Waals surface area contributed by atoms with Gasteiger partial charge in [0.15, 0.2) is 0 Å². The van der Waals surface area contributed by atoms with Crippen molar-refractivity contribution in [3.05, 3.63) is 29.4 Å². The van der Waals surface area contributed by atoms with Gasteiger partial charge in [-0.3, -0.25) is 4.68 Å². The topological polar surface area (TPSA) is 30.7 Å². The van der Waals surface area contributed by atoms with Crippen LogP contribution >= 0.6 is 23.1 Å². The van der Waals surface area contributed by atoms with Crippen molar-refractivity contribution in [2.75, 3.05) is 0 Å². The van der Waals surface area contributed by atoms with Gasteiger partial charge in [-0.1, -0.05) is 11.3 Å². The summed E-state index contributed by atoms with van der Waals surface area (Å²) in [7, 11) is 1.88. The second kappa shape index (κ2) is 3.93. The summed E-state index contributed by atoms with van der Waals surface area (Å²) in [5.74, 6) is 0.897. The van der Waals surface area contributed by atoms with E-state index in [0.717, 1.165) is 11.4 Å². The maximum absolute atomic E-state index is 4.01. The van der Waals surface area contributed by atoms with Crippen molar-refractivity contribution in [2.45, 2.75) is 9.96 Å². The third kappa shape index (κ3) is 2.32. The Bertz CT molecular complexity index is 366. The molecular formula is C8H9N3S2. The minimum Gasteiger partial charge on any atom is -0.255 e. The summed E-state index contributed by atoms with van der Waals surface area (Å²) in [5.41, 5.74) is 1.03. The van der Waals surface area contributed by atoms with Crippen molar-refractivity contribution in [1.82, 2.24) is 15.0 Å². The first kappa shape index (κ1) is 8.77. The van der Waals surface area contributed by atoms with E-state index in [1.165, 1.54) is 4.21 Å². The summed E-state index contributed by atoms with van der Waals surface area (Å²) in [6.45, 7) is 0. The van der Waals surface area contributed by atoms with Crippen LogP contribution in [-0.2, 0) is 12.8 Å². The molecule has 0 radical (unpaired) electrons. The summed E-state index contributed by atoms with van der Waals surface area (Å²) in [5, 5.41) is 9.97. The number of nitrogens with zero attached hydrogens (tertiary/aromatic N) is 3. The molecule has 0 atom stereocenters. The summed E-state index contributed by atoms with van der Waals surface area (Å²) in [4.78, 5) is 0. The molecule has 0 bridgehead atoms. The molecule has 13 heavy (non-hydrogen) atoms. The monoisotopic (exact) mass is 211 g/mol. The normalized spacial score (nSPS) is 10.5. The fraction of sp³-hybridized carbons (Fsp3) is 0.250. The van der Waals surface area contributed by atoms with Gasteiger partial charge in [-0.2, -0.15) is 0 Å². The van der Waals surface area contributed by atoms with Gasteiger partial charge in [0.2, 0.25) is 0 Å². The van der Waals surface area contributed by atoms with E-state index < -0.39 is 0 Å². The van der Waals surface area contributed by atoms with Gasteiger partial charge in [-0.15, -0.1) is 28.2 Å². The molecule has 0 fully saturated rings. The average Bonchev–Trinajstić information content (AvgIpc) is 2.71. The van der Waals surface area contributed by atoms with Crippen LogP contribution in [0, 0.1) is 0 Å². The smallest absolute Gasteiger partial charge is 0.0929 e. The van der Waals surface area contributed by atoms with E-state index >= 15 is 0 Å². The van der Waals surface area contributed by atoms with Crippen LogP contribution in [0.25, 0.3) is 0 Å². The van der Waals surface area contributed by atoms with Gasteiger partial charge < -0.3 is 0 Å². The number of hydrogen-bond donors (Lipinski definition) is 0. The van der Waals surface area contributed by atoms with Crippen molar-refractivity contribution in [3.63, 3.8) is 0 Å². The number of thioether (sulfide) groups is 1. The zero-order valence-corrected chi connectivity index (χ0v) is 8.81. The molecule has 0 N–H and O–H groups in total. The minimum atomic E-state index is 0.897. The van der Waals surface area contributed by atoms with Crippen LogP contribution in [-0.4, -0.2) is 15.0 Å². The number of aryl methyl sites for hydroxylation is 1. The zero-order valence-electron chi connectivity index (χ0n) is 7.17. The molecule has 2 rings (SSSR count). The Kier molecular flexibility index (Phi) is 2.65. The lowest BCUT2D eigenvalue weighted by Crippen LogP contribution is -1.85. The van der Waals surface area contributed by atoms with E-state index in [1.807, 2.05) is 13.2 Å². The van der Waals surface area contributed by atoms with Gasteiger partial charge in [0.25, 0.3) is 0 Å². The summed E-state index contributed by atoms with van der Waals surface area (Å²) in [6.07, 6.45) is 1.95. The van der Waals surface area contributed by atoms with Gasteiger partial charge in [-0.25, -0.2) is 0 Å². The Morgan fingerprint density at radius 3 is 3.15 bits per heavy atom. The van der Waals surface area contributed by atoms with Crippen LogP contribution in [0.5, 0.6) is 0 Å². The largest absolute Gasteiger partial charge is 0.255 e. The molecule has 2 aromatic rings. The molecule has 2 aromatic heterocycles. The average molecular weight is 211 g/mol. The second-order valence-corrected chi connectivity index (χ2v) is 4.83. The molecule has 0 saturated carbocycles. The Hall–Kier alpha value is -0.810. The van der Waals surface area contributed by atoms with Crippen molar-refractivity contribution >= 4 is 23.1 Å². The van der Waals surface area contributed by atoms with Crippen LogP contribution in [0.1, 0.15) is 5.69 Å². The highest BCUT2D eigenvalue weighted by molar-refractivity contribution is 8.00. The fourth-order valence-electron chi connectivity index (χ4n) is 0.952. The number of rotatable bonds is 3. The van der Waals surface area contributed by atoms with Gasteiger partial charge in [0.1, 0.15) is 0 Å². The minimum absolute atomic E-state index is 0.897. The van der Waals surface area contributed by atoms with E-state index in [4.69, 9.17) is 0 Å². The third-order valence-electron chi connectivity index (χ3n) is 1.51. The lowest BCUT2D eigenvalue weighted by atomic mass is 10.6. The maximum atomic E-state index is 4.01. The van der Waals surface area contributed by atoms with Crippen LogP contribution in [0.2, 0.25) is 0 Å². The predicted molar refractivity (Wildman–Crippen MR) is 54.9 cm³/mol. The highest BCUT2D eigenvalue weighted by Crippen LogP contribution is 2.25. The molecule has 0 amide bonds. The van der Waals surface area contributed by atoms with Crippen molar-refractivity contribution in [1.29, 1.82) is 0 Å². The Morgan fingerprint density at radius 2 is 2.54 bits per heavy atom. The van der Waals surface area contributed by atoms with Crippen LogP contribution in [0.4, 0.5) is 0 Å². The summed E-state index contributed by atoms with van der Waals surface area (Å²) in [6, 6.07) is 4.18. The van der Waals surface area contributed by atoms with E-state index in [9.17, 15) is 0 Å². The highest BCUT2D eigenvalue weighted by atomic mass is 32.2. The van der Waals surface area contributed by atoms with Crippen LogP contribution < -0.4 is 0 Å². The summed E-state index contributed by atoms with van der Waals surface area (Å²) < 4.78 is 3.05. The van der Waals surface area contributed by atoms with E-state index in [2.05, 4.69) is 27.8 Å². The highest BCUT2D eigenvalue weighted by Gasteiger charge is 1.99. The first-order valence-electron chi connectivity index (χ1n) is 3.86. The molecule has 5 heteroatoms. The van der Waals surface area contributed by atoms with E-state index in [1.54, 1.807) is 27.8 Å². The van der Waals surface area contributed by atoms with Crippen molar-refractivity contribution in [3.8, 4) is 0 Å². The molecule has 0 aliphatic carbocycles. The van der Waals surface area contributed by atoms with Crippen LogP contribution in [0.15, 0.2) is 27.9 Å².